The average molecular weight is 247 g/mol. The molecule has 1 saturated heterocycles. The summed E-state index contributed by atoms with van der Waals surface area (Å²) < 4.78 is 4.96. The van der Waals surface area contributed by atoms with Crippen LogP contribution in [0.1, 0.15) is 25.3 Å². The van der Waals surface area contributed by atoms with Gasteiger partial charge in [-0.05, 0) is 24.9 Å². The molecule has 1 fully saturated rings. The van der Waals surface area contributed by atoms with Crippen LogP contribution in [0.4, 0.5) is 0 Å². The third kappa shape index (κ3) is 2.56. The number of likely N-dealkylation sites (tertiary alicyclic amines) is 1. The van der Waals surface area contributed by atoms with Crippen LogP contribution in [0.5, 0.6) is 0 Å². The second-order valence-corrected chi connectivity index (χ2v) is 5.07. The van der Waals surface area contributed by atoms with Crippen molar-refractivity contribution in [3.63, 3.8) is 0 Å². The van der Waals surface area contributed by atoms with E-state index >= 15 is 0 Å². The molecule has 3 heteroatoms. The zero-order valence-corrected chi connectivity index (χ0v) is 11.2. The predicted molar refractivity (Wildman–Crippen MR) is 71.1 cm³/mol. The van der Waals surface area contributed by atoms with Gasteiger partial charge >= 0.3 is 5.97 Å². The molecule has 0 radical (unpaired) electrons. The lowest BCUT2D eigenvalue weighted by Gasteiger charge is -2.25. The second-order valence-electron chi connectivity index (χ2n) is 5.07. The first-order valence-electron chi connectivity index (χ1n) is 6.55. The number of esters is 1. The van der Waals surface area contributed by atoms with Gasteiger partial charge in [0.15, 0.2) is 0 Å². The molecule has 0 bridgehead atoms. The Bertz CT molecular complexity index is 404. The van der Waals surface area contributed by atoms with Crippen molar-refractivity contribution in [2.45, 2.75) is 26.3 Å². The van der Waals surface area contributed by atoms with Gasteiger partial charge in [-0.15, -0.1) is 0 Å². The minimum absolute atomic E-state index is 0.0550. The number of carbonyl (C=O) groups is 1. The Morgan fingerprint density at radius 2 is 2.11 bits per heavy atom. The van der Waals surface area contributed by atoms with Gasteiger partial charge in [0.1, 0.15) is 0 Å². The van der Waals surface area contributed by atoms with Gasteiger partial charge in [0, 0.05) is 13.1 Å². The molecule has 0 spiro atoms. The van der Waals surface area contributed by atoms with E-state index in [1.807, 2.05) is 6.07 Å². The highest BCUT2D eigenvalue weighted by atomic mass is 16.5. The van der Waals surface area contributed by atoms with E-state index < -0.39 is 0 Å². The summed E-state index contributed by atoms with van der Waals surface area (Å²) >= 11 is 0. The third-order valence-corrected chi connectivity index (χ3v) is 3.98. The van der Waals surface area contributed by atoms with Crippen molar-refractivity contribution in [2.75, 3.05) is 20.2 Å². The van der Waals surface area contributed by atoms with E-state index in [1.165, 1.54) is 12.7 Å². The molecule has 1 aromatic rings. The lowest BCUT2D eigenvalue weighted by molar-refractivity contribution is -0.152. The Labute approximate surface area is 109 Å². The first-order chi connectivity index (χ1) is 8.70. The molecule has 1 aliphatic heterocycles. The van der Waals surface area contributed by atoms with Crippen LogP contribution in [-0.4, -0.2) is 31.1 Å². The Hall–Kier alpha value is -1.35. The highest BCUT2D eigenvalue weighted by Gasteiger charge is 2.43. The van der Waals surface area contributed by atoms with E-state index in [0.29, 0.717) is 0 Å². The van der Waals surface area contributed by atoms with E-state index in [0.717, 1.165) is 32.5 Å². The monoisotopic (exact) mass is 247 g/mol. The fraction of sp³-hybridized carbons (Fsp3) is 0.533. The van der Waals surface area contributed by atoms with Crippen molar-refractivity contribution >= 4 is 5.97 Å². The van der Waals surface area contributed by atoms with Crippen LogP contribution in [0, 0.1) is 5.41 Å². The molecule has 18 heavy (non-hydrogen) atoms. The van der Waals surface area contributed by atoms with Gasteiger partial charge in [-0.1, -0.05) is 37.3 Å². The molecule has 0 aliphatic carbocycles. The SMILES string of the molecule is CCC1(C(=O)OC)CCN(Cc2ccccc2)C1. The van der Waals surface area contributed by atoms with Crippen molar-refractivity contribution in [3.05, 3.63) is 35.9 Å². The van der Waals surface area contributed by atoms with Crippen molar-refractivity contribution in [1.82, 2.24) is 4.90 Å². The molecule has 0 aromatic heterocycles. The molecule has 0 saturated carbocycles. The molecule has 2 rings (SSSR count). The van der Waals surface area contributed by atoms with Gasteiger partial charge in [-0.3, -0.25) is 9.69 Å². The number of methoxy groups -OCH3 is 1. The summed E-state index contributed by atoms with van der Waals surface area (Å²) in [4.78, 5) is 14.3. The maximum absolute atomic E-state index is 11.9. The van der Waals surface area contributed by atoms with E-state index in [4.69, 9.17) is 4.74 Å². The molecule has 1 aromatic carbocycles. The minimum atomic E-state index is -0.288. The molecule has 0 amide bonds. The highest BCUT2D eigenvalue weighted by Crippen LogP contribution is 2.35. The molecule has 0 N–H and O–H groups in total. The van der Waals surface area contributed by atoms with Gasteiger partial charge in [0.25, 0.3) is 0 Å². The molecule has 3 nitrogen and oxygen atoms in total. The van der Waals surface area contributed by atoms with Crippen molar-refractivity contribution in [2.24, 2.45) is 5.41 Å². The summed E-state index contributed by atoms with van der Waals surface area (Å²) in [5.41, 5.74) is 1.01. The quantitative estimate of drug-likeness (QED) is 0.765. The number of benzene rings is 1. The zero-order chi connectivity index (χ0) is 13.0. The summed E-state index contributed by atoms with van der Waals surface area (Å²) in [6.45, 7) is 4.77. The number of rotatable bonds is 4. The average Bonchev–Trinajstić information content (AvgIpc) is 2.83. The number of hydrogen-bond acceptors (Lipinski definition) is 3. The summed E-state index contributed by atoms with van der Waals surface area (Å²) in [7, 11) is 1.49. The smallest absolute Gasteiger partial charge is 0.313 e. The Morgan fingerprint density at radius 1 is 1.39 bits per heavy atom. The maximum atomic E-state index is 11.9. The Morgan fingerprint density at radius 3 is 2.72 bits per heavy atom. The van der Waals surface area contributed by atoms with E-state index in [-0.39, 0.29) is 11.4 Å². The van der Waals surface area contributed by atoms with E-state index in [9.17, 15) is 4.79 Å². The van der Waals surface area contributed by atoms with Crippen LogP contribution >= 0.6 is 0 Å². The maximum Gasteiger partial charge on any atom is 0.313 e. The largest absolute Gasteiger partial charge is 0.469 e. The van der Waals surface area contributed by atoms with E-state index in [2.05, 4.69) is 36.1 Å². The van der Waals surface area contributed by atoms with Crippen LogP contribution in [0.15, 0.2) is 30.3 Å². The van der Waals surface area contributed by atoms with Crippen LogP contribution in [0.25, 0.3) is 0 Å². The Kier molecular flexibility index (Phi) is 4.02. The molecule has 1 heterocycles. The molecular formula is C15H21NO2. The van der Waals surface area contributed by atoms with Crippen LogP contribution in [0.2, 0.25) is 0 Å². The van der Waals surface area contributed by atoms with Crippen LogP contribution in [-0.2, 0) is 16.1 Å². The van der Waals surface area contributed by atoms with Crippen molar-refractivity contribution in [3.8, 4) is 0 Å². The zero-order valence-electron chi connectivity index (χ0n) is 11.2. The van der Waals surface area contributed by atoms with Crippen molar-refractivity contribution in [1.29, 1.82) is 0 Å². The number of carbonyl (C=O) groups excluding carboxylic acids is 1. The van der Waals surface area contributed by atoms with Gasteiger partial charge < -0.3 is 4.74 Å². The molecule has 1 atom stereocenters. The van der Waals surface area contributed by atoms with Crippen LogP contribution in [0.3, 0.4) is 0 Å². The lowest BCUT2D eigenvalue weighted by Crippen LogP contribution is -2.35. The fourth-order valence-electron chi connectivity index (χ4n) is 2.75. The lowest BCUT2D eigenvalue weighted by atomic mass is 9.84. The minimum Gasteiger partial charge on any atom is -0.469 e. The Balaban J connectivity index is 2.01. The summed E-state index contributed by atoms with van der Waals surface area (Å²) in [5, 5.41) is 0. The fourth-order valence-corrected chi connectivity index (χ4v) is 2.75. The predicted octanol–water partition coefficient (Wildman–Crippen LogP) is 2.46. The standard InChI is InChI=1S/C15H21NO2/c1-3-15(14(17)18-2)9-10-16(12-15)11-13-7-5-4-6-8-13/h4-8H,3,9-12H2,1-2H3. The molecule has 98 valence electrons. The number of nitrogens with zero attached hydrogens (tertiary/aromatic N) is 1. The first kappa shape index (κ1) is 13.1. The third-order valence-electron chi connectivity index (χ3n) is 3.98. The summed E-state index contributed by atoms with van der Waals surface area (Å²) in [6.07, 6.45) is 1.76. The van der Waals surface area contributed by atoms with Gasteiger partial charge in [0.05, 0.1) is 12.5 Å². The van der Waals surface area contributed by atoms with Crippen molar-refractivity contribution < 1.29 is 9.53 Å². The van der Waals surface area contributed by atoms with Gasteiger partial charge in [-0.2, -0.15) is 0 Å². The molecular weight excluding hydrogens is 226 g/mol. The number of ether oxygens (including phenoxy) is 1. The van der Waals surface area contributed by atoms with Gasteiger partial charge in [0.2, 0.25) is 0 Å². The molecule has 1 unspecified atom stereocenters. The summed E-state index contributed by atoms with van der Waals surface area (Å²) in [6, 6.07) is 10.4. The normalized spacial score (nSPS) is 24.1. The summed E-state index contributed by atoms with van der Waals surface area (Å²) in [5.74, 6) is -0.0550. The molecule has 1 aliphatic rings. The first-order valence-corrected chi connectivity index (χ1v) is 6.55. The highest BCUT2D eigenvalue weighted by molar-refractivity contribution is 5.77. The second kappa shape index (κ2) is 5.53. The van der Waals surface area contributed by atoms with Gasteiger partial charge in [-0.25, -0.2) is 0 Å². The topological polar surface area (TPSA) is 29.5 Å². The van der Waals surface area contributed by atoms with E-state index in [1.54, 1.807) is 0 Å². The van der Waals surface area contributed by atoms with Crippen LogP contribution < -0.4 is 0 Å². The number of hydrogen-bond donors (Lipinski definition) is 0.